The molecule has 4 rings (SSSR count). The molecule has 1 unspecified atom stereocenters. The minimum Gasteiger partial charge on any atom is -0.483 e. The summed E-state index contributed by atoms with van der Waals surface area (Å²) in [6, 6.07) is 10.3. The predicted molar refractivity (Wildman–Crippen MR) is 118 cm³/mol. The first-order chi connectivity index (χ1) is 14.5. The van der Waals surface area contributed by atoms with Gasteiger partial charge in [0.05, 0.1) is 5.69 Å². The number of carbonyl (C=O) groups excluding carboxylic acids is 1. The molecule has 2 aromatic rings. The topological polar surface area (TPSA) is 57.2 Å². The number of fused-ring (bicyclic) bond motifs is 3. The molecule has 0 spiro atoms. The molecule has 2 heterocycles. The van der Waals surface area contributed by atoms with Gasteiger partial charge in [-0.2, -0.15) is 5.10 Å². The maximum absolute atomic E-state index is 14.8. The second-order valence-electron chi connectivity index (χ2n) is 7.64. The van der Waals surface area contributed by atoms with E-state index in [1.807, 2.05) is 30.0 Å². The predicted octanol–water partition coefficient (Wildman–Crippen LogP) is 4.15. The highest BCUT2D eigenvalue weighted by Gasteiger charge is 2.36. The molecule has 0 aliphatic carbocycles. The van der Waals surface area contributed by atoms with Gasteiger partial charge < -0.3 is 14.5 Å². The summed E-state index contributed by atoms with van der Waals surface area (Å²) >= 11 is 0. The number of hydrogen-bond acceptors (Lipinski definition) is 5. The first-order valence-electron chi connectivity index (χ1n) is 10.5. The normalized spacial score (nSPS) is 17.5. The van der Waals surface area contributed by atoms with Crippen LogP contribution in [-0.4, -0.2) is 37.5 Å². The number of amidine groups is 1. The Morgan fingerprint density at radius 1 is 1.20 bits per heavy atom. The lowest BCUT2D eigenvalue weighted by molar-refractivity contribution is -0.122. The van der Waals surface area contributed by atoms with Gasteiger partial charge in [-0.15, -0.1) is 0 Å². The molecule has 6 nitrogen and oxygen atoms in total. The summed E-state index contributed by atoms with van der Waals surface area (Å²) in [5.41, 5.74) is 5.61. The summed E-state index contributed by atoms with van der Waals surface area (Å²) in [5.74, 6) is 0.864. The summed E-state index contributed by atoms with van der Waals surface area (Å²) in [4.78, 5) is 16.5. The van der Waals surface area contributed by atoms with Gasteiger partial charge in [-0.1, -0.05) is 32.0 Å². The fourth-order valence-corrected chi connectivity index (χ4v) is 4.11. The molecule has 30 heavy (non-hydrogen) atoms. The number of nitrogens with zero attached hydrogens (tertiary/aromatic N) is 3. The molecule has 1 atom stereocenters. The number of rotatable bonds is 6. The van der Waals surface area contributed by atoms with E-state index in [-0.39, 0.29) is 18.3 Å². The van der Waals surface area contributed by atoms with Crippen LogP contribution in [-0.2, 0) is 4.79 Å². The number of hydrogen-bond donors (Lipinski definition) is 1. The maximum Gasteiger partial charge on any atom is 0.262 e. The summed E-state index contributed by atoms with van der Waals surface area (Å²) in [6.45, 7) is 8.07. The van der Waals surface area contributed by atoms with Gasteiger partial charge in [-0.05, 0) is 38.0 Å². The fourth-order valence-electron chi connectivity index (χ4n) is 4.11. The molecule has 0 bridgehead atoms. The van der Waals surface area contributed by atoms with Crippen molar-refractivity contribution in [2.45, 2.75) is 39.7 Å². The van der Waals surface area contributed by atoms with Crippen LogP contribution in [0, 0.1) is 5.82 Å². The zero-order chi connectivity index (χ0) is 21.3. The molecule has 0 saturated heterocycles. The van der Waals surface area contributed by atoms with Crippen molar-refractivity contribution >= 4 is 23.1 Å². The van der Waals surface area contributed by atoms with E-state index in [0.29, 0.717) is 17.1 Å². The first-order valence-corrected chi connectivity index (χ1v) is 10.5. The Labute approximate surface area is 176 Å². The lowest BCUT2D eigenvalue weighted by Crippen LogP contribution is -2.55. The van der Waals surface area contributed by atoms with Crippen LogP contribution >= 0.6 is 0 Å². The summed E-state index contributed by atoms with van der Waals surface area (Å²) in [5, 5.41) is 4.17. The van der Waals surface area contributed by atoms with Crippen LogP contribution in [0.2, 0.25) is 0 Å². The van der Waals surface area contributed by atoms with E-state index in [4.69, 9.17) is 4.74 Å². The average molecular weight is 410 g/mol. The van der Waals surface area contributed by atoms with Gasteiger partial charge in [0.2, 0.25) is 0 Å². The van der Waals surface area contributed by atoms with E-state index in [9.17, 15) is 9.18 Å². The Balaban J connectivity index is 1.92. The standard InChI is InChI=1S/C23H27FN4O2/c1-4-10-27(11-5-2)19-13-20-21(12-17(19)16-8-6-7-9-18(16)24)30-14-22-25-26-23(29)15(3)28(20)22/h6-9,12-13,15H,4-5,10-11,14H2,1-3H3,(H,26,29). The molecule has 1 amide bonds. The van der Waals surface area contributed by atoms with E-state index in [0.717, 1.165) is 42.9 Å². The van der Waals surface area contributed by atoms with Crippen molar-refractivity contribution in [1.29, 1.82) is 0 Å². The average Bonchev–Trinajstić information content (AvgIpc) is 2.75. The molecule has 158 valence electrons. The van der Waals surface area contributed by atoms with Crippen molar-refractivity contribution in [3.8, 4) is 16.9 Å². The van der Waals surface area contributed by atoms with Gasteiger partial charge in [-0.3, -0.25) is 4.79 Å². The third kappa shape index (κ3) is 3.49. The molecular weight excluding hydrogens is 383 g/mol. The molecule has 2 aromatic carbocycles. The minimum absolute atomic E-state index is 0.162. The van der Waals surface area contributed by atoms with Crippen LogP contribution in [0.1, 0.15) is 33.6 Å². The van der Waals surface area contributed by atoms with Crippen molar-refractivity contribution < 1.29 is 13.9 Å². The number of carbonyl (C=O) groups is 1. The first kappa shape index (κ1) is 20.2. The molecular formula is C23H27FN4O2. The smallest absolute Gasteiger partial charge is 0.262 e. The Morgan fingerprint density at radius 2 is 1.93 bits per heavy atom. The van der Waals surface area contributed by atoms with Gasteiger partial charge in [0, 0.05) is 29.9 Å². The maximum atomic E-state index is 14.8. The summed E-state index contributed by atoms with van der Waals surface area (Å²) in [6.07, 6.45) is 1.94. The van der Waals surface area contributed by atoms with Gasteiger partial charge >= 0.3 is 0 Å². The van der Waals surface area contributed by atoms with E-state index in [1.165, 1.54) is 6.07 Å². The van der Waals surface area contributed by atoms with Crippen LogP contribution in [0.15, 0.2) is 41.5 Å². The highest BCUT2D eigenvalue weighted by molar-refractivity contribution is 6.10. The largest absolute Gasteiger partial charge is 0.483 e. The second kappa shape index (κ2) is 8.34. The van der Waals surface area contributed by atoms with Gasteiger partial charge in [0.15, 0.2) is 5.84 Å². The molecule has 2 aliphatic rings. The third-order valence-corrected chi connectivity index (χ3v) is 5.53. The Kier molecular flexibility index (Phi) is 5.61. The van der Waals surface area contributed by atoms with Crippen LogP contribution in [0.5, 0.6) is 5.75 Å². The number of halogens is 1. The van der Waals surface area contributed by atoms with E-state index < -0.39 is 6.04 Å². The summed E-state index contributed by atoms with van der Waals surface area (Å²) in [7, 11) is 0. The highest BCUT2D eigenvalue weighted by atomic mass is 19.1. The quantitative estimate of drug-likeness (QED) is 0.777. The van der Waals surface area contributed by atoms with Gasteiger partial charge in [0.25, 0.3) is 5.91 Å². The number of anilines is 2. The number of ether oxygens (including phenoxy) is 1. The van der Waals surface area contributed by atoms with Gasteiger partial charge in [0.1, 0.15) is 24.2 Å². The van der Waals surface area contributed by atoms with Crippen LogP contribution in [0.3, 0.4) is 0 Å². The molecule has 1 N–H and O–H groups in total. The Bertz CT molecular complexity index is 985. The zero-order valence-electron chi connectivity index (χ0n) is 17.6. The van der Waals surface area contributed by atoms with Crippen LogP contribution < -0.4 is 20.0 Å². The minimum atomic E-state index is -0.405. The summed E-state index contributed by atoms with van der Waals surface area (Å²) < 4.78 is 20.7. The Morgan fingerprint density at radius 3 is 2.63 bits per heavy atom. The van der Waals surface area contributed by atoms with Crippen LogP contribution in [0.25, 0.3) is 11.1 Å². The number of benzene rings is 2. The van der Waals surface area contributed by atoms with Crippen LogP contribution in [0.4, 0.5) is 15.8 Å². The molecule has 2 aliphatic heterocycles. The van der Waals surface area contributed by atoms with Crippen molar-refractivity contribution in [1.82, 2.24) is 5.43 Å². The Hall–Kier alpha value is -3.09. The van der Waals surface area contributed by atoms with E-state index in [1.54, 1.807) is 12.1 Å². The second-order valence-corrected chi connectivity index (χ2v) is 7.64. The molecule has 0 aromatic heterocycles. The third-order valence-electron chi connectivity index (χ3n) is 5.53. The molecule has 7 heteroatoms. The zero-order valence-corrected chi connectivity index (χ0v) is 17.6. The molecule has 0 saturated carbocycles. The van der Waals surface area contributed by atoms with E-state index >= 15 is 0 Å². The molecule has 0 radical (unpaired) electrons. The van der Waals surface area contributed by atoms with Gasteiger partial charge in [-0.25, -0.2) is 9.82 Å². The van der Waals surface area contributed by atoms with Crippen molar-refractivity contribution in [3.63, 3.8) is 0 Å². The SMILES string of the molecule is CCCN(CCC)c1cc2c(cc1-c1ccccc1F)OCC1=NNC(=O)C(C)N12. The van der Waals surface area contributed by atoms with Crippen molar-refractivity contribution in [2.75, 3.05) is 29.5 Å². The van der Waals surface area contributed by atoms with Crippen molar-refractivity contribution in [2.24, 2.45) is 5.10 Å². The van der Waals surface area contributed by atoms with Crippen molar-refractivity contribution in [3.05, 3.63) is 42.2 Å². The fraction of sp³-hybridized carbons (Fsp3) is 0.391. The monoisotopic (exact) mass is 410 g/mol. The van der Waals surface area contributed by atoms with E-state index in [2.05, 4.69) is 29.3 Å². The number of nitrogens with one attached hydrogen (secondary N) is 1. The molecule has 0 fully saturated rings. The highest BCUT2D eigenvalue weighted by Crippen LogP contribution is 2.44. The number of hydrazone groups is 1. The lowest BCUT2D eigenvalue weighted by atomic mass is 9.99. The number of amides is 1. The lowest BCUT2D eigenvalue weighted by Gasteiger charge is -2.39.